The van der Waals surface area contributed by atoms with Crippen molar-refractivity contribution in [3.8, 4) is 0 Å². The molecule has 0 aliphatic carbocycles. The molecular weight excluding hydrogens is 144 g/mol. The van der Waals surface area contributed by atoms with E-state index in [1.165, 1.54) is 0 Å². The van der Waals surface area contributed by atoms with Crippen LogP contribution in [0.3, 0.4) is 0 Å². The predicted octanol–water partition coefficient (Wildman–Crippen LogP) is 1.94. The van der Waals surface area contributed by atoms with Crippen molar-refractivity contribution in [3.63, 3.8) is 0 Å². The molecule has 0 saturated heterocycles. The second kappa shape index (κ2) is 4.29. The van der Waals surface area contributed by atoms with Gasteiger partial charge in [-0.25, -0.2) is 4.79 Å². The van der Waals surface area contributed by atoms with Crippen LogP contribution in [0.5, 0.6) is 0 Å². The zero-order valence-corrected chi connectivity index (χ0v) is 5.95. The molecule has 11 heavy (non-hydrogen) atoms. The van der Waals surface area contributed by atoms with E-state index in [4.69, 9.17) is 5.11 Å². The lowest BCUT2D eigenvalue weighted by Crippen LogP contribution is -2.06. The summed E-state index contributed by atoms with van der Waals surface area (Å²) in [6.07, 6.45) is -1.04. The molecule has 4 nitrogen and oxygen atoms in total. The van der Waals surface area contributed by atoms with Crippen molar-refractivity contribution in [3.05, 3.63) is 30.3 Å². The molecule has 0 saturated carbocycles. The fourth-order valence-electron chi connectivity index (χ4n) is 0.645. The molecule has 0 bridgehead atoms. The summed E-state index contributed by atoms with van der Waals surface area (Å²) in [5.74, 6) is 0. The van der Waals surface area contributed by atoms with Gasteiger partial charge in [0, 0.05) is 5.69 Å². The Hall–Kier alpha value is -1.55. The molecule has 0 fully saturated rings. The topological polar surface area (TPSA) is 84.3 Å². The van der Waals surface area contributed by atoms with Gasteiger partial charge in [0.2, 0.25) is 0 Å². The highest BCUT2D eigenvalue weighted by atomic mass is 16.4. The van der Waals surface area contributed by atoms with Crippen molar-refractivity contribution in [1.82, 2.24) is 6.15 Å². The van der Waals surface area contributed by atoms with Crippen LogP contribution in [-0.4, -0.2) is 11.2 Å². The van der Waals surface area contributed by atoms with E-state index in [2.05, 4.69) is 5.32 Å². The number of hydrogen-bond acceptors (Lipinski definition) is 2. The molecule has 5 N–H and O–H groups in total. The summed E-state index contributed by atoms with van der Waals surface area (Å²) in [7, 11) is 0. The van der Waals surface area contributed by atoms with Gasteiger partial charge in [0.05, 0.1) is 0 Å². The van der Waals surface area contributed by atoms with Crippen LogP contribution in [0, 0.1) is 0 Å². The van der Waals surface area contributed by atoms with Crippen LogP contribution in [0.15, 0.2) is 30.3 Å². The first-order valence-electron chi connectivity index (χ1n) is 2.84. The number of hydrogen-bond donors (Lipinski definition) is 3. The molecule has 0 aromatic heterocycles. The lowest BCUT2D eigenvalue weighted by atomic mass is 10.3. The number of para-hydroxylation sites is 1. The molecule has 0 unspecified atom stereocenters. The predicted molar refractivity (Wildman–Crippen MR) is 43.1 cm³/mol. The van der Waals surface area contributed by atoms with Crippen molar-refractivity contribution in [2.24, 2.45) is 0 Å². The molecule has 0 aliphatic rings. The van der Waals surface area contributed by atoms with Crippen LogP contribution in [-0.2, 0) is 0 Å². The molecule has 60 valence electrons. The van der Waals surface area contributed by atoms with Crippen LogP contribution < -0.4 is 11.5 Å². The van der Waals surface area contributed by atoms with Crippen molar-refractivity contribution in [2.75, 3.05) is 5.32 Å². The van der Waals surface area contributed by atoms with Crippen molar-refractivity contribution in [2.45, 2.75) is 0 Å². The number of benzene rings is 1. The molecule has 0 aliphatic heterocycles. The molecule has 1 rings (SSSR count). The lowest BCUT2D eigenvalue weighted by Gasteiger charge is -1.96. The summed E-state index contributed by atoms with van der Waals surface area (Å²) in [5.41, 5.74) is 0.593. The Morgan fingerprint density at radius 1 is 1.27 bits per heavy atom. The van der Waals surface area contributed by atoms with Gasteiger partial charge in [0.15, 0.2) is 0 Å². The molecule has 0 radical (unpaired) electrons. The normalized spacial score (nSPS) is 8.00. The number of amides is 1. The highest BCUT2D eigenvalue weighted by Gasteiger charge is 1.92. The van der Waals surface area contributed by atoms with Crippen molar-refractivity contribution < 1.29 is 9.90 Å². The van der Waals surface area contributed by atoms with E-state index in [9.17, 15) is 4.79 Å². The third-order valence-electron chi connectivity index (χ3n) is 1.03. The van der Waals surface area contributed by atoms with Gasteiger partial charge in [-0.1, -0.05) is 18.2 Å². The van der Waals surface area contributed by atoms with Crippen LogP contribution in [0.2, 0.25) is 0 Å². The number of carboxylic acid groups (broad SMARTS) is 1. The standard InChI is InChI=1S/C7H7NO2.H3N/c9-7(10)8-6-4-2-1-3-5-6;/h1-5,8H,(H,9,10);1H3. The van der Waals surface area contributed by atoms with E-state index in [1.54, 1.807) is 24.3 Å². The van der Waals surface area contributed by atoms with Gasteiger partial charge in [0.25, 0.3) is 0 Å². The lowest BCUT2D eigenvalue weighted by molar-refractivity contribution is 0.210. The number of rotatable bonds is 1. The molecule has 1 aromatic carbocycles. The fourth-order valence-corrected chi connectivity index (χ4v) is 0.645. The first-order chi connectivity index (χ1) is 4.79. The van der Waals surface area contributed by atoms with E-state index in [-0.39, 0.29) is 6.15 Å². The smallest absolute Gasteiger partial charge is 0.409 e. The fraction of sp³-hybridized carbons (Fsp3) is 0. The summed E-state index contributed by atoms with van der Waals surface area (Å²) in [5, 5.41) is 10.5. The monoisotopic (exact) mass is 154 g/mol. The van der Waals surface area contributed by atoms with E-state index in [1.807, 2.05) is 6.07 Å². The van der Waals surface area contributed by atoms with E-state index < -0.39 is 6.09 Å². The van der Waals surface area contributed by atoms with Gasteiger partial charge in [-0.2, -0.15) is 0 Å². The molecule has 0 atom stereocenters. The Morgan fingerprint density at radius 2 is 1.82 bits per heavy atom. The Bertz CT molecular complexity index is 223. The maximum absolute atomic E-state index is 10.1. The first-order valence-corrected chi connectivity index (χ1v) is 2.84. The van der Waals surface area contributed by atoms with Crippen LogP contribution in [0.1, 0.15) is 0 Å². The molecule has 1 aromatic rings. The van der Waals surface area contributed by atoms with E-state index >= 15 is 0 Å². The van der Waals surface area contributed by atoms with Gasteiger partial charge < -0.3 is 11.3 Å². The zero-order chi connectivity index (χ0) is 7.40. The molecule has 1 amide bonds. The minimum absolute atomic E-state index is 0. The molecule has 0 heterocycles. The number of carbonyl (C=O) groups is 1. The van der Waals surface area contributed by atoms with Gasteiger partial charge in [0.1, 0.15) is 0 Å². The average molecular weight is 154 g/mol. The van der Waals surface area contributed by atoms with Gasteiger partial charge in [-0.3, -0.25) is 5.32 Å². The summed E-state index contributed by atoms with van der Waals surface area (Å²) in [4.78, 5) is 10.1. The zero-order valence-electron chi connectivity index (χ0n) is 5.95. The SMILES string of the molecule is N.O=C(O)Nc1ccccc1. The minimum atomic E-state index is -1.04. The Kier molecular flexibility index (Phi) is 3.69. The molecule has 0 spiro atoms. The molecular formula is C7H10N2O2. The summed E-state index contributed by atoms with van der Waals surface area (Å²) in [6, 6.07) is 8.74. The highest BCUT2D eigenvalue weighted by molar-refractivity contribution is 5.82. The summed E-state index contributed by atoms with van der Waals surface area (Å²) in [6.45, 7) is 0. The van der Waals surface area contributed by atoms with Crippen LogP contribution >= 0.6 is 0 Å². The quantitative estimate of drug-likeness (QED) is 0.577. The second-order valence-electron chi connectivity index (χ2n) is 1.80. The minimum Gasteiger partial charge on any atom is -0.465 e. The van der Waals surface area contributed by atoms with E-state index in [0.29, 0.717) is 5.69 Å². The maximum atomic E-state index is 10.1. The third-order valence-corrected chi connectivity index (χ3v) is 1.03. The third kappa shape index (κ3) is 3.22. The highest BCUT2D eigenvalue weighted by Crippen LogP contribution is 2.03. The Balaban J connectivity index is 0.000001000. The van der Waals surface area contributed by atoms with Crippen molar-refractivity contribution >= 4 is 11.8 Å². The summed E-state index contributed by atoms with van der Waals surface area (Å²) < 4.78 is 0. The van der Waals surface area contributed by atoms with Gasteiger partial charge >= 0.3 is 6.09 Å². The maximum Gasteiger partial charge on any atom is 0.409 e. The Labute approximate surface area is 64.4 Å². The van der Waals surface area contributed by atoms with Crippen molar-refractivity contribution in [1.29, 1.82) is 0 Å². The average Bonchev–Trinajstić information content (AvgIpc) is 1.88. The summed E-state index contributed by atoms with van der Waals surface area (Å²) >= 11 is 0. The van der Waals surface area contributed by atoms with Gasteiger partial charge in [-0.05, 0) is 12.1 Å². The largest absolute Gasteiger partial charge is 0.465 e. The number of anilines is 1. The first kappa shape index (κ1) is 9.45. The van der Waals surface area contributed by atoms with E-state index in [0.717, 1.165) is 0 Å². The number of nitrogens with one attached hydrogen (secondary N) is 1. The van der Waals surface area contributed by atoms with Crippen LogP contribution in [0.4, 0.5) is 10.5 Å². The van der Waals surface area contributed by atoms with Gasteiger partial charge in [-0.15, -0.1) is 0 Å². The second-order valence-corrected chi connectivity index (χ2v) is 1.80. The van der Waals surface area contributed by atoms with Crippen LogP contribution in [0.25, 0.3) is 0 Å². The molecule has 4 heteroatoms. The Morgan fingerprint density at radius 3 is 2.27 bits per heavy atom.